The Labute approximate surface area is 183 Å². The van der Waals surface area contributed by atoms with Gasteiger partial charge in [0.1, 0.15) is 5.70 Å². The van der Waals surface area contributed by atoms with Crippen LogP contribution in [-0.2, 0) is 19.1 Å². The van der Waals surface area contributed by atoms with Crippen molar-refractivity contribution in [2.24, 2.45) is 0 Å². The summed E-state index contributed by atoms with van der Waals surface area (Å²) in [7, 11) is 3.17. The number of methoxy groups -OCH3 is 2. The Hall–Kier alpha value is -1.90. The molecule has 2 heterocycles. The van der Waals surface area contributed by atoms with Crippen molar-refractivity contribution in [3.63, 3.8) is 0 Å². The van der Waals surface area contributed by atoms with Crippen molar-refractivity contribution >= 4 is 57.6 Å². The van der Waals surface area contributed by atoms with E-state index in [0.29, 0.717) is 47.5 Å². The number of carbonyl (C=O) groups is 2. The van der Waals surface area contributed by atoms with Crippen molar-refractivity contribution < 1.29 is 19.1 Å². The van der Waals surface area contributed by atoms with Crippen molar-refractivity contribution in [1.29, 1.82) is 0 Å². The van der Waals surface area contributed by atoms with Crippen LogP contribution in [0, 0.1) is 0 Å². The lowest BCUT2D eigenvalue weighted by Gasteiger charge is -2.25. The van der Waals surface area contributed by atoms with E-state index in [-0.39, 0.29) is 10.7 Å². The minimum absolute atomic E-state index is 0.261. The predicted octanol–water partition coefficient (Wildman–Crippen LogP) is 3.93. The SMILES string of the molecule is COCCN(CCOC)C1=C(c2cccs2)C(=O)N(c2cc(Cl)ccc2Cl)C1=O. The summed E-state index contributed by atoms with van der Waals surface area (Å²) in [4.78, 5) is 30.5. The Bertz CT molecular complexity index is 923. The van der Waals surface area contributed by atoms with Crippen LogP contribution in [0.15, 0.2) is 41.4 Å². The average molecular weight is 455 g/mol. The molecule has 0 unspecified atom stereocenters. The highest BCUT2D eigenvalue weighted by Gasteiger charge is 2.43. The van der Waals surface area contributed by atoms with Crippen LogP contribution < -0.4 is 4.90 Å². The monoisotopic (exact) mass is 454 g/mol. The van der Waals surface area contributed by atoms with Gasteiger partial charge in [0.25, 0.3) is 11.8 Å². The maximum absolute atomic E-state index is 13.5. The minimum atomic E-state index is -0.449. The molecule has 1 aliphatic rings. The first-order valence-electron chi connectivity index (χ1n) is 8.84. The number of halogens is 2. The molecular formula is C20H20Cl2N2O4S. The van der Waals surface area contributed by atoms with Gasteiger partial charge in [-0.2, -0.15) is 0 Å². The number of thiophene rings is 1. The van der Waals surface area contributed by atoms with Crippen molar-refractivity contribution in [2.45, 2.75) is 0 Å². The van der Waals surface area contributed by atoms with Gasteiger partial charge in [0, 0.05) is 37.2 Å². The summed E-state index contributed by atoms with van der Waals surface area (Å²) in [5.41, 5.74) is 0.910. The number of carbonyl (C=O) groups excluding carboxylic acids is 2. The standard InChI is InChI=1S/C20H20Cl2N2O4S/c1-27-9-7-23(8-10-28-2)18-17(16-4-3-11-29-16)19(25)24(20(18)26)15-12-13(21)5-6-14(15)22/h3-6,11-12H,7-10H2,1-2H3. The van der Waals surface area contributed by atoms with Gasteiger partial charge in [0.15, 0.2) is 0 Å². The number of amides is 2. The van der Waals surface area contributed by atoms with E-state index >= 15 is 0 Å². The Balaban J connectivity index is 2.11. The number of anilines is 1. The lowest BCUT2D eigenvalue weighted by Crippen LogP contribution is -2.37. The quantitative estimate of drug-likeness (QED) is 0.537. The average Bonchev–Trinajstić information content (AvgIpc) is 3.31. The smallest absolute Gasteiger partial charge is 0.282 e. The highest BCUT2D eigenvalue weighted by Crippen LogP contribution is 2.39. The molecule has 154 valence electrons. The van der Waals surface area contributed by atoms with Gasteiger partial charge in [-0.3, -0.25) is 9.59 Å². The summed E-state index contributed by atoms with van der Waals surface area (Å²) in [6.45, 7) is 1.65. The van der Waals surface area contributed by atoms with Gasteiger partial charge >= 0.3 is 0 Å². The lowest BCUT2D eigenvalue weighted by molar-refractivity contribution is -0.120. The third-order valence-electron chi connectivity index (χ3n) is 4.42. The molecule has 0 atom stereocenters. The van der Waals surface area contributed by atoms with Crippen LogP contribution in [0.4, 0.5) is 5.69 Å². The largest absolute Gasteiger partial charge is 0.383 e. The minimum Gasteiger partial charge on any atom is -0.383 e. The lowest BCUT2D eigenvalue weighted by atomic mass is 10.1. The first kappa shape index (κ1) is 21.8. The molecule has 0 bridgehead atoms. The maximum Gasteiger partial charge on any atom is 0.282 e. The van der Waals surface area contributed by atoms with E-state index in [1.165, 1.54) is 17.4 Å². The normalized spacial score (nSPS) is 14.3. The van der Waals surface area contributed by atoms with Gasteiger partial charge in [-0.15, -0.1) is 11.3 Å². The van der Waals surface area contributed by atoms with Crippen molar-refractivity contribution in [3.05, 3.63) is 56.3 Å². The summed E-state index contributed by atoms with van der Waals surface area (Å²) in [5, 5.41) is 2.51. The van der Waals surface area contributed by atoms with E-state index < -0.39 is 11.8 Å². The zero-order chi connectivity index (χ0) is 21.0. The zero-order valence-electron chi connectivity index (χ0n) is 16.0. The van der Waals surface area contributed by atoms with E-state index in [1.54, 1.807) is 26.4 Å². The van der Waals surface area contributed by atoms with Crippen LogP contribution in [0.1, 0.15) is 4.88 Å². The highest BCUT2D eigenvalue weighted by atomic mass is 35.5. The molecule has 3 rings (SSSR count). The molecular weight excluding hydrogens is 435 g/mol. The summed E-state index contributed by atoms with van der Waals surface area (Å²) >= 11 is 13.8. The van der Waals surface area contributed by atoms with Crippen molar-refractivity contribution in [2.75, 3.05) is 45.4 Å². The number of ether oxygens (including phenoxy) is 2. The molecule has 2 amide bonds. The molecule has 29 heavy (non-hydrogen) atoms. The van der Waals surface area contributed by atoms with Crippen LogP contribution in [-0.4, -0.2) is 57.2 Å². The number of hydrogen-bond donors (Lipinski definition) is 0. The Kier molecular flexibility index (Phi) is 7.32. The summed E-state index contributed by atoms with van der Waals surface area (Å²) in [5.74, 6) is -0.883. The second-order valence-corrected chi connectivity index (χ2v) is 8.01. The van der Waals surface area contributed by atoms with Crippen LogP contribution in [0.2, 0.25) is 10.0 Å². The predicted molar refractivity (Wildman–Crippen MR) is 116 cm³/mol. The van der Waals surface area contributed by atoms with Gasteiger partial charge in [0.05, 0.1) is 29.5 Å². The molecule has 2 aromatic rings. The van der Waals surface area contributed by atoms with Gasteiger partial charge in [-0.1, -0.05) is 29.3 Å². The number of imide groups is 1. The second kappa shape index (κ2) is 9.73. The van der Waals surface area contributed by atoms with Gasteiger partial charge in [-0.05, 0) is 29.6 Å². The molecule has 0 saturated carbocycles. The fraction of sp³-hybridized carbons (Fsp3) is 0.300. The summed E-state index contributed by atoms with van der Waals surface area (Å²) in [6, 6.07) is 8.35. The highest BCUT2D eigenvalue weighted by molar-refractivity contribution is 7.11. The Morgan fingerprint density at radius 2 is 1.72 bits per heavy atom. The third-order valence-corrected chi connectivity index (χ3v) is 5.87. The molecule has 1 aliphatic heterocycles. The Morgan fingerprint density at radius 3 is 2.31 bits per heavy atom. The van der Waals surface area contributed by atoms with Crippen molar-refractivity contribution in [3.8, 4) is 0 Å². The van der Waals surface area contributed by atoms with E-state index in [9.17, 15) is 9.59 Å². The van der Waals surface area contributed by atoms with E-state index in [0.717, 1.165) is 4.90 Å². The first-order chi connectivity index (χ1) is 14.0. The number of benzene rings is 1. The third kappa shape index (κ3) is 4.49. The molecule has 1 aromatic heterocycles. The fourth-order valence-electron chi connectivity index (χ4n) is 3.07. The summed E-state index contributed by atoms with van der Waals surface area (Å²) < 4.78 is 10.4. The molecule has 0 N–H and O–H groups in total. The first-order valence-corrected chi connectivity index (χ1v) is 10.5. The molecule has 0 spiro atoms. The Morgan fingerprint density at radius 1 is 1.03 bits per heavy atom. The number of nitrogens with zero attached hydrogens (tertiary/aromatic N) is 2. The van der Waals surface area contributed by atoms with Gasteiger partial charge in [-0.25, -0.2) is 4.90 Å². The zero-order valence-corrected chi connectivity index (χ0v) is 18.3. The molecule has 9 heteroatoms. The van der Waals surface area contributed by atoms with Crippen molar-refractivity contribution in [1.82, 2.24) is 4.90 Å². The van der Waals surface area contributed by atoms with Gasteiger partial charge in [0.2, 0.25) is 0 Å². The number of hydrogen-bond acceptors (Lipinski definition) is 6. The molecule has 6 nitrogen and oxygen atoms in total. The molecule has 0 aliphatic carbocycles. The summed E-state index contributed by atoms with van der Waals surface area (Å²) in [6.07, 6.45) is 0. The van der Waals surface area contributed by atoms with Gasteiger partial charge < -0.3 is 14.4 Å². The van der Waals surface area contributed by atoms with E-state index in [4.69, 9.17) is 32.7 Å². The molecule has 1 aromatic carbocycles. The van der Waals surface area contributed by atoms with E-state index in [2.05, 4.69) is 0 Å². The fourth-order valence-corrected chi connectivity index (χ4v) is 4.20. The van der Waals surface area contributed by atoms with Crippen LogP contribution >= 0.6 is 34.5 Å². The van der Waals surface area contributed by atoms with E-state index in [1.807, 2.05) is 22.4 Å². The second-order valence-electron chi connectivity index (χ2n) is 6.22. The van der Waals surface area contributed by atoms with Crippen LogP contribution in [0.5, 0.6) is 0 Å². The maximum atomic E-state index is 13.5. The van der Waals surface area contributed by atoms with Crippen LogP contribution in [0.25, 0.3) is 5.57 Å². The topological polar surface area (TPSA) is 59.1 Å². The molecule has 0 saturated heterocycles. The van der Waals surface area contributed by atoms with Crippen LogP contribution in [0.3, 0.4) is 0 Å². The number of rotatable bonds is 9. The molecule has 0 radical (unpaired) electrons. The molecule has 0 fully saturated rings.